The number of nitrogens with zero attached hydrogens (tertiary/aromatic N) is 4. The fraction of sp³-hybridized carbons (Fsp3) is 0.714. The van der Waals surface area contributed by atoms with E-state index in [9.17, 15) is 22.0 Å². The number of hydrazone groups is 1. The summed E-state index contributed by atoms with van der Waals surface area (Å²) in [7, 11) is 0. The molecule has 1 heterocycles. The third kappa shape index (κ3) is 1.75. The second-order valence-corrected chi connectivity index (χ2v) is 2.94. The fourth-order valence-electron chi connectivity index (χ4n) is 1.15. The molecule has 1 unspecified atom stereocenters. The average Bonchev–Trinajstić information content (AvgIpc) is 2.58. The third-order valence-electron chi connectivity index (χ3n) is 1.97. The summed E-state index contributed by atoms with van der Waals surface area (Å²) in [5.41, 5.74) is 0. The van der Waals surface area contributed by atoms with Gasteiger partial charge in [-0.1, -0.05) is 0 Å². The Kier molecular flexibility index (Phi) is 2.94. The first-order valence-electron chi connectivity index (χ1n) is 4.19. The molecular formula is C7H7F5N4. The van der Waals surface area contributed by atoms with E-state index in [2.05, 4.69) is 5.10 Å². The van der Waals surface area contributed by atoms with Crippen molar-refractivity contribution in [1.29, 1.82) is 5.26 Å². The van der Waals surface area contributed by atoms with Crippen molar-refractivity contribution in [2.75, 3.05) is 6.54 Å². The largest absolute Gasteiger partial charge is 0.475 e. The Morgan fingerprint density at radius 1 is 1.38 bits per heavy atom. The quantitative estimate of drug-likeness (QED) is 0.545. The molecule has 0 aliphatic carbocycles. The van der Waals surface area contributed by atoms with E-state index in [1.807, 2.05) is 0 Å². The number of halogens is 5. The molecule has 1 aliphatic rings. The maximum absolute atomic E-state index is 12.9. The minimum atomic E-state index is -5.75. The molecule has 16 heavy (non-hydrogen) atoms. The van der Waals surface area contributed by atoms with Gasteiger partial charge in [0.25, 0.3) is 0 Å². The molecule has 9 heteroatoms. The molecule has 0 spiro atoms. The summed E-state index contributed by atoms with van der Waals surface area (Å²) in [6, 6.07) is -3.77. The minimum absolute atomic E-state index is 0.0547. The number of rotatable bonds is 2. The van der Waals surface area contributed by atoms with Gasteiger partial charge in [0, 0.05) is 6.54 Å². The predicted molar refractivity (Wildman–Crippen MR) is 43.1 cm³/mol. The topological polar surface area (TPSA) is 42.6 Å². The van der Waals surface area contributed by atoms with Crippen LogP contribution in [0.15, 0.2) is 5.10 Å². The van der Waals surface area contributed by atoms with Gasteiger partial charge < -0.3 is 0 Å². The van der Waals surface area contributed by atoms with E-state index in [-0.39, 0.29) is 6.54 Å². The smallest absolute Gasteiger partial charge is 0.260 e. The molecule has 0 radical (unpaired) electrons. The zero-order valence-electron chi connectivity index (χ0n) is 8.04. The monoisotopic (exact) mass is 242 g/mol. The number of hydrogen-bond acceptors (Lipinski definition) is 4. The molecule has 0 amide bonds. The first-order valence-corrected chi connectivity index (χ1v) is 4.19. The van der Waals surface area contributed by atoms with Gasteiger partial charge in [0.15, 0.2) is 0 Å². The van der Waals surface area contributed by atoms with Crippen molar-refractivity contribution in [2.24, 2.45) is 5.10 Å². The normalized spacial score (nSPS) is 21.4. The van der Waals surface area contributed by atoms with Gasteiger partial charge in [-0.15, -0.1) is 0 Å². The molecule has 0 bridgehead atoms. The molecule has 0 aromatic heterocycles. The molecule has 4 nitrogen and oxygen atoms in total. The van der Waals surface area contributed by atoms with Crippen molar-refractivity contribution < 1.29 is 22.0 Å². The lowest BCUT2D eigenvalue weighted by Crippen LogP contribution is -2.56. The van der Waals surface area contributed by atoms with E-state index in [0.717, 1.165) is 5.01 Å². The highest BCUT2D eigenvalue weighted by Crippen LogP contribution is 2.40. The van der Waals surface area contributed by atoms with Crippen molar-refractivity contribution >= 4 is 6.34 Å². The van der Waals surface area contributed by atoms with Gasteiger partial charge in [0.1, 0.15) is 12.4 Å². The summed E-state index contributed by atoms with van der Waals surface area (Å²) in [5.74, 6) is 0. The van der Waals surface area contributed by atoms with E-state index in [0.29, 0.717) is 6.34 Å². The van der Waals surface area contributed by atoms with Gasteiger partial charge in [0.2, 0.25) is 6.17 Å². The Morgan fingerprint density at radius 2 is 1.94 bits per heavy atom. The first-order chi connectivity index (χ1) is 7.25. The van der Waals surface area contributed by atoms with Crippen LogP contribution in [-0.2, 0) is 0 Å². The molecule has 0 fully saturated rings. The van der Waals surface area contributed by atoms with Crippen LogP contribution in [0.3, 0.4) is 0 Å². The lowest BCUT2D eigenvalue weighted by atomic mass is 10.4. The Bertz CT molecular complexity index is 331. The molecule has 0 N–H and O–H groups in total. The number of alkyl halides is 5. The van der Waals surface area contributed by atoms with Crippen LogP contribution in [0.25, 0.3) is 0 Å². The van der Waals surface area contributed by atoms with Crippen LogP contribution >= 0.6 is 0 Å². The average molecular weight is 242 g/mol. The van der Waals surface area contributed by atoms with Gasteiger partial charge >= 0.3 is 12.2 Å². The van der Waals surface area contributed by atoms with Crippen LogP contribution in [0.1, 0.15) is 6.92 Å². The molecule has 1 aliphatic heterocycles. The Hall–Kier alpha value is -1.59. The maximum Gasteiger partial charge on any atom is 0.475 e. The van der Waals surface area contributed by atoms with Crippen LogP contribution in [0, 0.1) is 11.3 Å². The SMILES string of the molecule is CCN1N=CN(C(F)(F)C(F)(F)F)C1C#N. The summed E-state index contributed by atoms with van der Waals surface area (Å²) in [5, 5.41) is 12.7. The molecule has 0 saturated heterocycles. The summed E-state index contributed by atoms with van der Waals surface area (Å²) in [6.45, 7) is 1.54. The fourth-order valence-corrected chi connectivity index (χ4v) is 1.15. The van der Waals surface area contributed by atoms with Crippen LogP contribution in [0.2, 0.25) is 0 Å². The molecule has 1 atom stereocenters. The maximum atomic E-state index is 12.9. The van der Waals surface area contributed by atoms with Crippen LogP contribution in [-0.4, -0.2) is 41.2 Å². The van der Waals surface area contributed by atoms with Crippen molar-refractivity contribution in [2.45, 2.75) is 25.3 Å². The molecule has 0 aromatic rings. The van der Waals surface area contributed by atoms with Crippen molar-refractivity contribution in [3.05, 3.63) is 0 Å². The van der Waals surface area contributed by atoms with Crippen LogP contribution < -0.4 is 0 Å². The molecule has 0 aromatic carbocycles. The summed E-state index contributed by atoms with van der Waals surface area (Å²) in [6.07, 6.45) is -7.18. The summed E-state index contributed by atoms with van der Waals surface area (Å²) in [4.78, 5) is -0.406. The lowest BCUT2D eigenvalue weighted by molar-refractivity contribution is -0.330. The van der Waals surface area contributed by atoms with Gasteiger partial charge in [-0.3, -0.25) is 9.91 Å². The van der Waals surface area contributed by atoms with E-state index < -0.39 is 23.3 Å². The molecular weight excluding hydrogens is 235 g/mol. The second kappa shape index (κ2) is 3.77. The predicted octanol–water partition coefficient (Wildman–Crippen LogP) is 1.57. The highest BCUT2D eigenvalue weighted by Gasteiger charge is 2.64. The molecule has 1 rings (SSSR count). The van der Waals surface area contributed by atoms with Gasteiger partial charge in [0.05, 0.1) is 0 Å². The zero-order chi connectivity index (χ0) is 12.6. The Labute approximate surface area is 87.5 Å². The second-order valence-electron chi connectivity index (χ2n) is 2.94. The van der Waals surface area contributed by atoms with Gasteiger partial charge in [-0.2, -0.15) is 32.3 Å². The van der Waals surface area contributed by atoms with Crippen molar-refractivity contribution in [1.82, 2.24) is 9.91 Å². The van der Waals surface area contributed by atoms with Crippen molar-refractivity contribution in [3.8, 4) is 6.07 Å². The summed E-state index contributed by atoms with van der Waals surface area (Å²) >= 11 is 0. The Morgan fingerprint density at radius 3 is 2.31 bits per heavy atom. The van der Waals surface area contributed by atoms with E-state index in [1.54, 1.807) is 0 Å². The number of hydrogen-bond donors (Lipinski definition) is 0. The van der Waals surface area contributed by atoms with Crippen LogP contribution in [0.4, 0.5) is 22.0 Å². The standard InChI is InChI=1S/C7H7F5N4/c1-2-16-5(3-13)15(4-14-16)7(11,12)6(8,9)10/h4-5H,2H2,1H3. The highest BCUT2D eigenvalue weighted by molar-refractivity contribution is 5.59. The van der Waals surface area contributed by atoms with E-state index in [1.165, 1.54) is 13.0 Å². The van der Waals surface area contributed by atoms with Crippen LogP contribution in [0.5, 0.6) is 0 Å². The van der Waals surface area contributed by atoms with Gasteiger partial charge in [-0.05, 0) is 6.92 Å². The Balaban J connectivity index is 3.00. The summed E-state index contributed by atoms with van der Waals surface area (Å²) < 4.78 is 62.0. The van der Waals surface area contributed by atoms with E-state index >= 15 is 0 Å². The van der Waals surface area contributed by atoms with Gasteiger partial charge in [-0.25, -0.2) is 0 Å². The molecule has 90 valence electrons. The number of nitriles is 1. The molecule has 0 saturated carbocycles. The first kappa shape index (κ1) is 12.5. The lowest BCUT2D eigenvalue weighted by Gasteiger charge is -2.31. The minimum Gasteiger partial charge on any atom is -0.260 e. The van der Waals surface area contributed by atoms with E-state index in [4.69, 9.17) is 5.26 Å². The third-order valence-corrected chi connectivity index (χ3v) is 1.97. The van der Waals surface area contributed by atoms with Crippen molar-refractivity contribution in [3.63, 3.8) is 0 Å². The zero-order valence-corrected chi connectivity index (χ0v) is 8.04. The highest BCUT2D eigenvalue weighted by atomic mass is 19.4.